The Hall–Kier alpha value is -1.42. The highest BCUT2D eigenvalue weighted by molar-refractivity contribution is 5.72. The predicted molar refractivity (Wildman–Crippen MR) is 46.7 cm³/mol. The summed E-state index contributed by atoms with van der Waals surface area (Å²) in [5, 5.41) is 2.89. The minimum absolute atomic E-state index is 0.299. The Morgan fingerprint density at radius 3 is 3.08 bits per heavy atom. The first-order chi connectivity index (χ1) is 6.31. The van der Waals surface area contributed by atoms with Gasteiger partial charge in [-0.05, 0) is 19.2 Å². The Balaban J connectivity index is 2.55. The molecule has 0 aliphatic carbocycles. The van der Waals surface area contributed by atoms with Gasteiger partial charge in [0.2, 0.25) is 5.89 Å². The van der Waals surface area contributed by atoms with Gasteiger partial charge < -0.3 is 9.73 Å². The molecule has 1 heterocycles. The Labute approximate surface area is 74.6 Å². The zero-order chi connectivity index (χ0) is 9.26. The highest BCUT2D eigenvalue weighted by Crippen LogP contribution is 2.17. The molecule has 0 saturated carbocycles. The molecular weight excluding hydrogens is 171 g/mol. The normalized spacial score (nSPS) is 10.9. The van der Waals surface area contributed by atoms with Crippen LogP contribution in [0.15, 0.2) is 22.6 Å². The van der Waals surface area contributed by atoms with Gasteiger partial charge in [0.15, 0.2) is 11.4 Å². The first-order valence-corrected chi connectivity index (χ1v) is 4.00. The first-order valence-electron chi connectivity index (χ1n) is 4.00. The molecule has 0 aliphatic rings. The number of nitrogens with one attached hydrogen (secondary N) is 1. The van der Waals surface area contributed by atoms with Crippen LogP contribution in [-0.2, 0) is 6.54 Å². The van der Waals surface area contributed by atoms with Crippen LogP contribution in [0.25, 0.3) is 11.1 Å². The van der Waals surface area contributed by atoms with Crippen molar-refractivity contribution in [3.63, 3.8) is 0 Å². The van der Waals surface area contributed by atoms with Gasteiger partial charge in [-0.3, -0.25) is 0 Å². The van der Waals surface area contributed by atoms with Gasteiger partial charge >= 0.3 is 0 Å². The summed E-state index contributed by atoms with van der Waals surface area (Å²) < 4.78 is 18.4. The minimum Gasteiger partial charge on any atom is -0.439 e. The van der Waals surface area contributed by atoms with E-state index in [9.17, 15) is 4.39 Å². The number of para-hydroxylation sites is 1. The van der Waals surface area contributed by atoms with Gasteiger partial charge in [0.05, 0.1) is 6.54 Å². The van der Waals surface area contributed by atoms with Gasteiger partial charge in [0.1, 0.15) is 5.52 Å². The van der Waals surface area contributed by atoms with E-state index in [1.54, 1.807) is 19.2 Å². The average Bonchev–Trinajstić information content (AvgIpc) is 2.49. The van der Waals surface area contributed by atoms with Crippen molar-refractivity contribution < 1.29 is 8.81 Å². The van der Waals surface area contributed by atoms with E-state index in [1.807, 2.05) is 0 Å². The van der Waals surface area contributed by atoms with Crippen molar-refractivity contribution in [1.82, 2.24) is 10.3 Å². The van der Waals surface area contributed by atoms with Crippen LogP contribution in [0.5, 0.6) is 0 Å². The number of hydrogen-bond donors (Lipinski definition) is 1. The van der Waals surface area contributed by atoms with Crippen LogP contribution in [0.1, 0.15) is 5.89 Å². The fourth-order valence-electron chi connectivity index (χ4n) is 1.19. The summed E-state index contributed by atoms with van der Waals surface area (Å²) in [6.07, 6.45) is 0. The monoisotopic (exact) mass is 180 g/mol. The number of hydrogen-bond acceptors (Lipinski definition) is 3. The van der Waals surface area contributed by atoms with Gasteiger partial charge in [0.25, 0.3) is 0 Å². The molecule has 1 aromatic carbocycles. The minimum atomic E-state index is -0.344. The maximum atomic E-state index is 13.1. The van der Waals surface area contributed by atoms with E-state index in [0.29, 0.717) is 23.5 Å². The number of nitrogens with zero attached hydrogens (tertiary/aromatic N) is 1. The second kappa shape index (κ2) is 3.14. The lowest BCUT2D eigenvalue weighted by atomic mass is 10.3. The summed E-state index contributed by atoms with van der Waals surface area (Å²) in [5.74, 6) is 0.159. The summed E-state index contributed by atoms with van der Waals surface area (Å²) in [7, 11) is 1.78. The van der Waals surface area contributed by atoms with Crippen LogP contribution >= 0.6 is 0 Å². The van der Waals surface area contributed by atoms with Crippen LogP contribution in [0.4, 0.5) is 4.39 Å². The Kier molecular flexibility index (Phi) is 1.98. The van der Waals surface area contributed by atoms with Crippen LogP contribution in [0.3, 0.4) is 0 Å². The standard InChI is InChI=1S/C9H9FN2O/c1-11-5-8-12-9-6(10)3-2-4-7(9)13-8/h2-4,11H,5H2,1H3. The largest absolute Gasteiger partial charge is 0.439 e. The molecule has 1 aromatic heterocycles. The van der Waals surface area contributed by atoms with E-state index in [0.717, 1.165) is 0 Å². The van der Waals surface area contributed by atoms with Gasteiger partial charge in [0, 0.05) is 0 Å². The molecule has 0 atom stereocenters. The van der Waals surface area contributed by atoms with E-state index in [-0.39, 0.29) is 5.82 Å². The molecule has 0 bridgehead atoms. The molecular formula is C9H9FN2O. The summed E-state index contributed by atoms with van der Waals surface area (Å²) >= 11 is 0. The van der Waals surface area contributed by atoms with Crippen molar-refractivity contribution in [1.29, 1.82) is 0 Å². The van der Waals surface area contributed by atoms with Crippen molar-refractivity contribution in [2.75, 3.05) is 7.05 Å². The van der Waals surface area contributed by atoms with Crippen LogP contribution in [-0.4, -0.2) is 12.0 Å². The van der Waals surface area contributed by atoms with Crippen LogP contribution in [0, 0.1) is 5.82 Å². The van der Waals surface area contributed by atoms with E-state index in [4.69, 9.17) is 4.42 Å². The van der Waals surface area contributed by atoms with Gasteiger partial charge in [-0.15, -0.1) is 0 Å². The average molecular weight is 180 g/mol. The number of rotatable bonds is 2. The molecule has 13 heavy (non-hydrogen) atoms. The van der Waals surface area contributed by atoms with E-state index < -0.39 is 0 Å². The first kappa shape index (κ1) is 8.19. The molecule has 0 aliphatic heterocycles. The lowest BCUT2D eigenvalue weighted by Crippen LogP contribution is -2.04. The summed E-state index contributed by atoms with van der Waals surface area (Å²) in [6.45, 7) is 0.508. The maximum Gasteiger partial charge on any atom is 0.209 e. The Morgan fingerprint density at radius 1 is 1.54 bits per heavy atom. The summed E-state index contributed by atoms with van der Waals surface area (Å²) in [5.41, 5.74) is 0.790. The molecule has 3 nitrogen and oxygen atoms in total. The summed E-state index contributed by atoms with van der Waals surface area (Å²) in [4.78, 5) is 4.00. The third-order valence-electron chi connectivity index (χ3n) is 1.74. The van der Waals surface area contributed by atoms with Gasteiger partial charge in [-0.25, -0.2) is 9.37 Å². The lowest BCUT2D eigenvalue weighted by molar-refractivity contribution is 0.511. The van der Waals surface area contributed by atoms with E-state index >= 15 is 0 Å². The number of benzene rings is 1. The van der Waals surface area contributed by atoms with Crippen LogP contribution in [0.2, 0.25) is 0 Å². The molecule has 0 fully saturated rings. The number of halogens is 1. The molecule has 4 heteroatoms. The molecule has 0 radical (unpaired) electrons. The maximum absolute atomic E-state index is 13.1. The van der Waals surface area contributed by atoms with Crippen molar-refractivity contribution in [3.8, 4) is 0 Å². The number of fused-ring (bicyclic) bond motifs is 1. The molecule has 2 rings (SSSR count). The molecule has 1 N–H and O–H groups in total. The van der Waals surface area contributed by atoms with E-state index in [2.05, 4.69) is 10.3 Å². The highest BCUT2D eigenvalue weighted by atomic mass is 19.1. The van der Waals surface area contributed by atoms with E-state index in [1.165, 1.54) is 6.07 Å². The Morgan fingerprint density at radius 2 is 2.38 bits per heavy atom. The molecule has 0 amide bonds. The Bertz CT molecular complexity index is 424. The smallest absolute Gasteiger partial charge is 0.209 e. The topological polar surface area (TPSA) is 38.1 Å². The fraction of sp³-hybridized carbons (Fsp3) is 0.222. The summed E-state index contributed by atoms with van der Waals surface area (Å²) in [6, 6.07) is 4.67. The van der Waals surface area contributed by atoms with Gasteiger partial charge in [-0.1, -0.05) is 6.07 Å². The van der Waals surface area contributed by atoms with Crippen molar-refractivity contribution >= 4 is 11.1 Å². The number of aromatic nitrogens is 1. The number of oxazole rings is 1. The quantitative estimate of drug-likeness (QED) is 0.764. The van der Waals surface area contributed by atoms with Gasteiger partial charge in [-0.2, -0.15) is 0 Å². The second-order valence-corrected chi connectivity index (χ2v) is 2.72. The molecule has 2 aromatic rings. The van der Waals surface area contributed by atoms with Crippen molar-refractivity contribution in [2.45, 2.75) is 6.54 Å². The SMILES string of the molecule is CNCc1nc2c(F)cccc2o1. The molecule has 0 spiro atoms. The van der Waals surface area contributed by atoms with Crippen LogP contribution < -0.4 is 5.32 Å². The molecule has 0 saturated heterocycles. The second-order valence-electron chi connectivity index (χ2n) is 2.72. The third-order valence-corrected chi connectivity index (χ3v) is 1.74. The van der Waals surface area contributed by atoms with Crippen molar-refractivity contribution in [2.24, 2.45) is 0 Å². The zero-order valence-electron chi connectivity index (χ0n) is 7.17. The highest BCUT2D eigenvalue weighted by Gasteiger charge is 2.07. The molecule has 0 unspecified atom stereocenters. The molecule has 68 valence electrons. The fourth-order valence-corrected chi connectivity index (χ4v) is 1.19. The predicted octanol–water partition coefficient (Wildman–Crippen LogP) is 1.69. The zero-order valence-corrected chi connectivity index (χ0v) is 7.17. The van der Waals surface area contributed by atoms with Crippen molar-refractivity contribution in [3.05, 3.63) is 29.9 Å². The third kappa shape index (κ3) is 1.40. The lowest BCUT2D eigenvalue weighted by Gasteiger charge is -1.88.